The summed E-state index contributed by atoms with van der Waals surface area (Å²) in [6, 6.07) is 12.0. The second-order valence-electron chi connectivity index (χ2n) is 5.70. The van der Waals surface area contributed by atoms with E-state index in [4.69, 9.17) is 0 Å². The van der Waals surface area contributed by atoms with E-state index in [1.165, 1.54) is 5.56 Å². The highest BCUT2D eigenvalue weighted by Gasteiger charge is 2.07. The topological polar surface area (TPSA) is 58.0 Å². The van der Waals surface area contributed by atoms with Crippen molar-refractivity contribution in [3.8, 4) is 0 Å². The number of hydrogen-bond donors (Lipinski definition) is 2. The van der Waals surface area contributed by atoms with Crippen LogP contribution < -0.4 is 5.32 Å². The summed E-state index contributed by atoms with van der Waals surface area (Å²) in [6.45, 7) is 5.52. The maximum atomic E-state index is 10.2. The zero-order valence-corrected chi connectivity index (χ0v) is 12.7. The van der Waals surface area contributed by atoms with Crippen molar-refractivity contribution in [3.05, 3.63) is 59.4 Å². The zero-order chi connectivity index (χ0) is 15.1. The van der Waals surface area contributed by atoms with Crippen LogP contribution in [0.15, 0.2) is 42.6 Å². The molecular weight excluding hydrogens is 262 g/mol. The largest absolute Gasteiger partial charge is 0.387 e. The van der Waals surface area contributed by atoms with Gasteiger partial charge in [-0.25, -0.2) is 0 Å². The predicted molar refractivity (Wildman–Crippen MR) is 83.7 cm³/mol. The minimum absolute atomic E-state index is 0.500. The fraction of sp³-hybridized carbons (Fsp3) is 0.412. The van der Waals surface area contributed by atoms with E-state index in [0.29, 0.717) is 19.0 Å². The van der Waals surface area contributed by atoms with Gasteiger partial charge >= 0.3 is 0 Å². The van der Waals surface area contributed by atoms with Crippen LogP contribution in [0.3, 0.4) is 0 Å². The number of aromatic nitrogens is 2. The molecule has 0 saturated carbocycles. The molecule has 2 rings (SSSR count). The fourth-order valence-electron chi connectivity index (χ4n) is 2.23. The first kappa shape index (κ1) is 15.6. The molecule has 0 amide bonds. The van der Waals surface area contributed by atoms with Gasteiger partial charge in [0.2, 0.25) is 0 Å². The second kappa shape index (κ2) is 7.86. The minimum Gasteiger partial charge on any atom is -0.387 e. The SMILES string of the molecule is CC(C)Cc1ccc(C(O)CNCc2cccnn2)cc1. The number of rotatable bonds is 7. The van der Waals surface area contributed by atoms with Crippen LogP contribution in [-0.2, 0) is 13.0 Å². The van der Waals surface area contributed by atoms with Crippen LogP contribution in [-0.4, -0.2) is 21.8 Å². The van der Waals surface area contributed by atoms with E-state index in [1.54, 1.807) is 6.20 Å². The maximum Gasteiger partial charge on any atom is 0.0914 e. The molecule has 0 fully saturated rings. The second-order valence-corrected chi connectivity index (χ2v) is 5.70. The van der Waals surface area contributed by atoms with Crippen molar-refractivity contribution in [1.29, 1.82) is 0 Å². The lowest BCUT2D eigenvalue weighted by Gasteiger charge is -2.13. The van der Waals surface area contributed by atoms with Crippen molar-refractivity contribution in [2.24, 2.45) is 5.92 Å². The Hall–Kier alpha value is -1.78. The van der Waals surface area contributed by atoms with Gasteiger partial charge in [-0.2, -0.15) is 10.2 Å². The molecule has 4 heteroatoms. The lowest BCUT2D eigenvalue weighted by molar-refractivity contribution is 0.174. The molecule has 0 aliphatic carbocycles. The summed E-state index contributed by atoms with van der Waals surface area (Å²) >= 11 is 0. The molecule has 0 aliphatic heterocycles. The van der Waals surface area contributed by atoms with Crippen molar-refractivity contribution in [1.82, 2.24) is 15.5 Å². The molecule has 1 unspecified atom stereocenters. The molecule has 0 bridgehead atoms. The molecule has 1 atom stereocenters. The van der Waals surface area contributed by atoms with E-state index in [9.17, 15) is 5.11 Å². The number of aliphatic hydroxyl groups is 1. The van der Waals surface area contributed by atoms with Gasteiger partial charge in [0.1, 0.15) is 0 Å². The minimum atomic E-state index is -0.505. The highest BCUT2D eigenvalue weighted by molar-refractivity contribution is 5.24. The molecule has 0 aliphatic rings. The molecule has 1 heterocycles. The van der Waals surface area contributed by atoms with Gasteiger partial charge in [0.25, 0.3) is 0 Å². The fourth-order valence-corrected chi connectivity index (χ4v) is 2.23. The number of nitrogens with zero attached hydrogens (tertiary/aromatic N) is 2. The monoisotopic (exact) mass is 285 g/mol. The van der Waals surface area contributed by atoms with Crippen molar-refractivity contribution >= 4 is 0 Å². The first-order valence-corrected chi connectivity index (χ1v) is 7.39. The molecule has 0 spiro atoms. The third kappa shape index (κ3) is 5.25. The van der Waals surface area contributed by atoms with Crippen LogP contribution in [0.5, 0.6) is 0 Å². The standard InChI is InChI=1S/C17H23N3O/c1-13(2)10-14-5-7-15(8-6-14)17(21)12-18-11-16-4-3-9-19-20-16/h3-9,13,17-18,21H,10-12H2,1-2H3. The first-order valence-electron chi connectivity index (χ1n) is 7.39. The van der Waals surface area contributed by atoms with Gasteiger partial charge in [0, 0.05) is 19.3 Å². The molecule has 0 saturated heterocycles. The molecule has 21 heavy (non-hydrogen) atoms. The number of benzene rings is 1. The predicted octanol–water partition coefficient (Wildman–Crippen LogP) is 2.50. The molecule has 112 valence electrons. The Morgan fingerprint density at radius 1 is 1.14 bits per heavy atom. The summed E-state index contributed by atoms with van der Waals surface area (Å²) < 4.78 is 0. The lowest BCUT2D eigenvalue weighted by atomic mass is 10.0. The molecule has 4 nitrogen and oxygen atoms in total. The third-order valence-electron chi connectivity index (χ3n) is 3.28. The lowest BCUT2D eigenvalue weighted by Crippen LogP contribution is -2.21. The van der Waals surface area contributed by atoms with Gasteiger partial charge in [0.15, 0.2) is 0 Å². The van der Waals surface area contributed by atoms with Crippen molar-refractivity contribution in [2.75, 3.05) is 6.54 Å². The Bertz CT molecular complexity index is 525. The van der Waals surface area contributed by atoms with Gasteiger partial charge in [-0.1, -0.05) is 38.1 Å². The van der Waals surface area contributed by atoms with E-state index in [1.807, 2.05) is 24.3 Å². The molecule has 1 aromatic heterocycles. The molecule has 2 N–H and O–H groups in total. The van der Waals surface area contributed by atoms with Gasteiger partial charge in [-0.3, -0.25) is 0 Å². The van der Waals surface area contributed by atoms with Gasteiger partial charge < -0.3 is 10.4 Å². The summed E-state index contributed by atoms with van der Waals surface area (Å²) in [4.78, 5) is 0. The van der Waals surface area contributed by atoms with E-state index in [0.717, 1.165) is 17.7 Å². The van der Waals surface area contributed by atoms with E-state index in [-0.39, 0.29) is 0 Å². The van der Waals surface area contributed by atoms with Gasteiger partial charge in [-0.15, -0.1) is 0 Å². The Morgan fingerprint density at radius 2 is 1.90 bits per heavy atom. The zero-order valence-electron chi connectivity index (χ0n) is 12.7. The van der Waals surface area contributed by atoms with E-state index < -0.39 is 6.10 Å². The number of nitrogens with one attached hydrogen (secondary N) is 1. The van der Waals surface area contributed by atoms with Gasteiger partial charge in [-0.05, 0) is 35.6 Å². The Labute approximate surface area is 126 Å². The maximum absolute atomic E-state index is 10.2. The van der Waals surface area contributed by atoms with Crippen LogP contribution in [0.25, 0.3) is 0 Å². The average Bonchev–Trinajstić information content (AvgIpc) is 2.48. The quantitative estimate of drug-likeness (QED) is 0.820. The summed E-state index contributed by atoms with van der Waals surface area (Å²) in [5.41, 5.74) is 3.12. The van der Waals surface area contributed by atoms with Crippen LogP contribution in [0, 0.1) is 5.92 Å². The number of hydrogen-bond acceptors (Lipinski definition) is 4. The Kier molecular flexibility index (Phi) is 5.84. The van der Waals surface area contributed by atoms with Crippen LogP contribution in [0.1, 0.15) is 36.8 Å². The summed E-state index contributed by atoms with van der Waals surface area (Å²) in [5.74, 6) is 0.648. The van der Waals surface area contributed by atoms with E-state index in [2.05, 4.69) is 41.5 Å². The first-order chi connectivity index (χ1) is 10.1. The highest BCUT2D eigenvalue weighted by atomic mass is 16.3. The van der Waals surface area contributed by atoms with E-state index >= 15 is 0 Å². The smallest absolute Gasteiger partial charge is 0.0914 e. The highest BCUT2D eigenvalue weighted by Crippen LogP contribution is 2.15. The van der Waals surface area contributed by atoms with Crippen LogP contribution in [0.2, 0.25) is 0 Å². The molecule has 0 radical (unpaired) electrons. The van der Waals surface area contributed by atoms with Crippen LogP contribution in [0.4, 0.5) is 0 Å². The number of aliphatic hydroxyl groups excluding tert-OH is 1. The summed E-state index contributed by atoms with van der Waals surface area (Å²) in [6.07, 6.45) is 2.22. The molecule has 1 aromatic carbocycles. The molecular formula is C17H23N3O. The normalized spacial score (nSPS) is 12.6. The third-order valence-corrected chi connectivity index (χ3v) is 3.28. The summed E-state index contributed by atoms with van der Waals surface area (Å²) in [7, 11) is 0. The molecule has 2 aromatic rings. The van der Waals surface area contributed by atoms with Crippen molar-refractivity contribution in [2.45, 2.75) is 32.9 Å². The average molecular weight is 285 g/mol. The van der Waals surface area contributed by atoms with Crippen molar-refractivity contribution < 1.29 is 5.11 Å². The van der Waals surface area contributed by atoms with Crippen LogP contribution >= 0.6 is 0 Å². The van der Waals surface area contributed by atoms with Gasteiger partial charge in [0.05, 0.1) is 11.8 Å². The Balaban J connectivity index is 1.81. The van der Waals surface area contributed by atoms with Crippen molar-refractivity contribution in [3.63, 3.8) is 0 Å². The Morgan fingerprint density at radius 3 is 2.52 bits per heavy atom. The summed E-state index contributed by atoms with van der Waals surface area (Å²) in [5, 5.41) is 21.2.